The van der Waals surface area contributed by atoms with E-state index in [1.807, 2.05) is 0 Å². The Kier molecular flexibility index (Phi) is 7.17. The van der Waals surface area contributed by atoms with Gasteiger partial charge in [0.25, 0.3) is 5.91 Å². The van der Waals surface area contributed by atoms with E-state index >= 15 is 0 Å². The van der Waals surface area contributed by atoms with Gasteiger partial charge in [0.1, 0.15) is 0 Å². The van der Waals surface area contributed by atoms with E-state index in [1.165, 1.54) is 12.1 Å². The Morgan fingerprint density at radius 1 is 0.885 bits per heavy atom. The van der Waals surface area contributed by atoms with E-state index in [9.17, 15) is 18.0 Å². The zero-order valence-electron chi connectivity index (χ0n) is 13.9. The van der Waals surface area contributed by atoms with Gasteiger partial charge in [-0.15, -0.1) is 0 Å². The molecular formula is C18H19ClN2O4S. The second-order valence-electron chi connectivity index (χ2n) is 5.49. The summed E-state index contributed by atoms with van der Waals surface area (Å²) < 4.78 is 24.2. The van der Waals surface area contributed by atoms with Crippen molar-refractivity contribution in [3.63, 3.8) is 0 Å². The highest BCUT2D eigenvalue weighted by Gasteiger charge is 2.14. The summed E-state index contributed by atoms with van der Waals surface area (Å²) in [4.78, 5) is 23.9. The van der Waals surface area contributed by atoms with Gasteiger partial charge < -0.3 is 10.6 Å². The van der Waals surface area contributed by atoms with Gasteiger partial charge in [-0.2, -0.15) is 0 Å². The van der Waals surface area contributed by atoms with Crippen LogP contribution >= 0.6 is 11.6 Å². The molecule has 2 rings (SSSR count). The Hall–Kier alpha value is -2.38. The molecule has 0 fully saturated rings. The Morgan fingerprint density at radius 3 is 2.19 bits per heavy atom. The van der Waals surface area contributed by atoms with Crippen LogP contribution in [0.4, 0.5) is 0 Å². The van der Waals surface area contributed by atoms with E-state index in [-0.39, 0.29) is 42.0 Å². The summed E-state index contributed by atoms with van der Waals surface area (Å²) >= 11 is 5.75. The molecule has 0 bridgehead atoms. The van der Waals surface area contributed by atoms with Gasteiger partial charge in [-0.25, -0.2) is 8.42 Å². The van der Waals surface area contributed by atoms with Gasteiger partial charge in [0.15, 0.2) is 9.84 Å². The molecule has 2 aromatic carbocycles. The lowest BCUT2D eigenvalue weighted by Crippen LogP contribution is -2.33. The second kappa shape index (κ2) is 9.35. The van der Waals surface area contributed by atoms with E-state index in [1.54, 1.807) is 42.5 Å². The molecule has 0 atom stereocenters. The van der Waals surface area contributed by atoms with Crippen LogP contribution < -0.4 is 10.6 Å². The van der Waals surface area contributed by atoms with Gasteiger partial charge in [-0.3, -0.25) is 9.59 Å². The van der Waals surface area contributed by atoms with Crippen molar-refractivity contribution in [2.75, 3.05) is 18.8 Å². The van der Waals surface area contributed by atoms with Gasteiger partial charge in [-0.1, -0.05) is 29.8 Å². The zero-order valence-corrected chi connectivity index (χ0v) is 15.5. The summed E-state index contributed by atoms with van der Waals surface area (Å²) in [5.41, 5.74) is 0.448. The minimum absolute atomic E-state index is 0.0151. The summed E-state index contributed by atoms with van der Waals surface area (Å²) in [6.45, 7) is 0.167. The van der Waals surface area contributed by atoms with Gasteiger partial charge in [0, 0.05) is 30.1 Å². The van der Waals surface area contributed by atoms with Gasteiger partial charge in [0.05, 0.1) is 10.6 Å². The molecular weight excluding hydrogens is 376 g/mol. The average Bonchev–Trinajstić information content (AvgIpc) is 2.63. The van der Waals surface area contributed by atoms with Crippen LogP contribution in [-0.4, -0.2) is 39.1 Å². The minimum atomic E-state index is -3.42. The largest absolute Gasteiger partial charge is 0.355 e. The maximum absolute atomic E-state index is 12.1. The number of nitrogens with one attached hydrogen (secondary N) is 2. The standard InChI is InChI=1S/C18H19ClN2O4S/c19-15-8-6-14(7-9-15)18(23)21-11-10-17(22)20-12-13-26(24,25)16-4-2-1-3-5-16/h1-9H,10-13H2,(H,20,22)(H,21,23). The number of rotatable bonds is 8. The fraction of sp³-hybridized carbons (Fsp3) is 0.222. The number of hydrogen-bond donors (Lipinski definition) is 2. The molecule has 0 aliphatic carbocycles. The van der Waals surface area contributed by atoms with Crippen LogP contribution in [0.5, 0.6) is 0 Å². The number of carbonyl (C=O) groups excluding carboxylic acids is 2. The lowest BCUT2D eigenvalue weighted by Gasteiger charge is -2.08. The Labute approximate surface area is 157 Å². The van der Waals surface area contributed by atoms with Crippen molar-refractivity contribution in [2.45, 2.75) is 11.3 Å². The summed E-state index contributed by atoms with van der Waals surface area (Å²) in [7, 11) is -3.42. The lowest BCUT2D eigenvalue weighted by molar-refractivity contribution is -0.120. The van der Waals surface area contributed by atoms with Crippen molar-refractivity contribution in [3.05, 3.63) is 65.2 Å². The monoisotopic (exact) mass is 394 g/mol. The van der Waals surface area contributed by atoms with Crippen LogP contribution in [0.3, 0.4) is 0 Å². The number of amides is 2. The molecule has 0 aliphatic heterocycles. The molecule has 0 unspecified atom stereocenters. The molecule has 8 heteroatoms. The first-order valence-electron chi connectivity index (χ1n) is 7.97. The summed E-state index contributed by atoms with van der Waals surface area (Å²) in [5, 5.41) is 5.70. The average molecular weight is 395 g/mol. The first-order valence-corrected chi connectivity index (χ1v) is 10.00. The molecule has 2 aromatic rings. The number of benzene rings is 2. The van der Waals surface area contributed by atoms with E-state index < -0.39 is 9.84 Å². The van der Waals surface area contributed by atoms with Crippen LogP contribution in [0.25, 0.3) is 0 Å². The van der Waals surface area contributed by atoms with E-state index in [0.717, 1.165) is 0 Å². The predicted molar refractivity (Wildman–Crippen MR) is 99.9 cm³/mol. The summed E-state index contributed by atoms with van der Waals surface area (Å²) in [6.07, 6.45) is 0.0602. The molecule has 26 heavy (non-hydrogen) atoms. The van der Waals surface area contributed by atoms with Crippen molar-refractivity contribution in [2.24, 2.45) is 0 Å². The van der Waals surface area contributed by atoms with Crippen LogP contribution in [0.15, 0.2) is 59.5 Å². The number of carbonyl (C=O) groups is 2. The molecule has 0 spiro atoms. The SMILES string of the molecule is O=C(CCNC(=O)c1ccc(Cl)cc1)NCCS(=O)(=O)c1ccccc1. The molecule has 0 heterocycles. The molecule has 2 N–H and O–H groups in total. The van der Waals surface area contributed by atoms with Crippen LogP contribution in [0.2, 0.25) is 5.02 Å². The maximum Gasteiger partial charge on any atom is 0.251 e. The molecule has 0 aromatic heterocycles. The van der Waals surface area contributed by atoms with Crippen molar-refractivity contribution < 1.29 is 18.0 Å². The molecule has 138 valence electrons. The van der Waals surface area contributed by atoms with E-state index in [0.29, 0.717) is 10.6 Å². The van der Waals surface area contributed by atoms with Crippen molar-refractivity contribution >= 4 is 33.3 Å². The quantitative estimate of drug-likeness (QED) is 0.716. The van der Waals surface area contributed by atoms with Gasteiger partial charge >= 0.3 is 0 Å². The number of hydrogen-bond acceptors (Lipinski definition) is 4. The first kappa shape index (κ1) is 19.9. The molecule has 0 radical (unpaired) electrons. The summed E-state index contributed by atoms with van der Waals surface area (Å²) in [5.74, 6) is -0.814. The fourth-order valence-corrected chi connectivity index (χ4v) is 3.46. The Balaban J connectivity index is 1.69. The molecule has 2 amide bonds. The fourth-order valence-electron chi connectivity index (χ4n) is 2.15. The normalized spacial score (nSPS) is 11.0. The minimum Gasteiger partial charge on any atom is -0.355 e. The van der Waals surface area contributed by atoms with E-state index in [4.69, 9.17) is 11.6 Å². The topological polar surface area (TPSA) is 92.3 Å². The second-order valence-corrected chi connectivity index (χ2v) is 8.04. The highest BCUT2D eigenvalue weighted by Crippen LogP contribution is 2.10. The van der Waals surface area contributed by atoms with Gasteiger partial charge in [-0.05, 0) is 36.4 Å². The number of sulfone groups is 1. The Morgan fingerprint density at radius 2 is 1.54 bits per heavy atom. The Bertz CT molecular complexity index is 853. The smallest absolute Gasteiger partial charge is 0.251 e. The van der Waals surface area contributed by atoms with Crippen LogP contribution in [0, 0.1) is 0 Å². The van der Waals surface area contributed by atoms with Crippen molar-refractivity contribution in [3.8, 4) is 0 Å². The third-order valence-electron chi connectivity index (χ3n) is 3.54. The third kappa shape index (κ3) is 6.16. The predicted octanol–water partition coefficient (Wildman–Crippen LogP) is 2.05. The first-order chi connectivity index (χ1) is 12.4. The highest BCUT2D eigenvalue weighted by atomic mass is 35.5. The maximum atomic E-state index is 12.1. The molecule has 0 aliphatic rings. The van der Waals surface area contributed by atoms with Crippen molar-refractivity contribution in [1.82, 2.24) is 10.6 Å². The third-order valence-corrected chi connectivity index (χ3v) is 5.52. The van der Waals surface area contributed by atoms with E-state index in [2.05, 4.69) is 10.6 Å². The molecule has 0 saturated carbocycles. The zero-order chi connectivity index (χ0) is 19.0. The molecule has 6 nitrogen and oxygen atoms in total. The summed E-state index contributed by atoms with van der Waals surface area (Å²) in [6, 6.07) is 14.5. The molecule has 0 saturated heterocycles. The highest BCUT2D eigenvalue weighted by molar-refractivity contribution is 7.91. The van der Waals surface area contributed by atoms with Crippen LogP contribution in [0.1, 0.15) is 16.8 Å². The lowest BCUT2D eigenvalue weighted by atomic mass is 10.2. The van der Waals surface area contributed by atoms with Crippen molar-refractivity contribution in [1.29, 1.82) is 0 Å². The van der Waals surface area contributed by atoms with Crippen LogP contribution in [-0.2, 0) is 14.6 Å². The van der Waals surface area contributed by atoms with Gasteiger partial charge in [0.2, 0.25) is 5.91 Å². The number of halogens is 1.